The zero-order valence-corrected chi connectivity index (χ0v) is 11.1. The van der Waals surface area contributed by atoms with Gasteiger partial charge >= 0.3 is 0 Å². The number of nitrogen functional groups attached to an aromatic ring is 1. The zero-order valence-electron chi connectivity index (χ0n) is 11.1. The Balaban J connectivity index is 1.74. The third kappa shape index (κ3) is 2.90. The van der Waals surface area contributed by atoms with Crippen molar-refractivity contribution in [3.63, 3.8) is 0 Å². The van der Waals surface area contributed by atoms with Crippen LogP contribution in [0.5, 0.6) is 0 Å². The number of nitrogens with two attached hydrogens (primary N) is 1. The minimum Gasteiger partial charge on any atom is -0.369 e. The number of nitrogens with zero attached hydrogens (tertiary/aromatic N) is 3. The van der Waals surface area contributed by atoms with Gasteiger partial charge in [0, 0.05) is 6.54 Å². The number of H-pyrrole nitrogens is 1. The smallest absolute Gasteiger partial charge is 0.241 e. The summed E-state index contributed by atoms with van der Waals surface area (Å²) in [6, 6.07) is 6.52. The molecule has 3 rings (SSSR count). The van der Waals surface area contributed by atoms with Gasteiger partial charge in [-0.15, -0.1) is 0 Å². The molecular weight excluding hydrogens is 273 g/mol. The summed E-state index contributed by atoms with van der Waals surface area (Å²) in [4.78, 5) is 8.39. The summed E-state index contributed by atoms with van der Waals surface area (Å²) in [7, 11) is 0. The first-order valence-electron chi connectivity index (χ1n) is 6.42. The van der Waals surface area contributed by atoms with Gasteiger partial charge in [0.25, 0.3) is 0 Å². The number of aromatic amines is 1. The van der Waals surface area contributed by atoms with Crippen LogP contribution < -0.4 is 16.6 Å². The minimum absolute atomic E-state index is 0.235. The lowest BCUT2D eigenvalue weighted by molar-refractivity contribution is 0.625. The molecule has 0 saturated carbocycles. The highest BCUT2D eigenvalue weighted by Gasteiger charge is 2.08. The van der Waals surface area contributed by atoms with Gasteiger partial charge in [-0.2, -0.15) is 15.1 Å². The van der Waals surface area contributed by atoms with Crippen LogP contribution in [0.15, 0.2) is 30.5 Å². The molecule has 0 aliphatic heterocycles. The van der Waals surface area contributed by atoms with E-state index in [0.29, 0.717) is 30.4 Å². The maximum Gasteiger partial charge on any atom is 0.241 e. The maximum absolute atomic E-state index is 13.1. The molecule has 0 aliphatic carbocycles. The van der Waals surface area contributed by atoms with Crippen LogP contribution >= 0.6 is 0 Å². The molecule has 108 valence electrons. The van der Waals surface area contributed by atoms with Gasteiger partial charge in [0.1, 0.15) is 11.6 Å². The van der Waals surface area contributed by atoms with E-state index in [-0.39, 0.29) is 5.82 Å². The molecule has 0 amide bonds. The summed E-state index contributed by atoms with van der Waals surface area (Å²) in [6.07, 6.45) is 2.31. The summed E-state index contributed by atoms with van der Waals surface area (Å²) in [5, 5.41) is 10.7. The van der Waals surface area contributed by atoms with E-state index in [1.54, 1.807) is 12.3 Å². The fraction of sp³-hybridized carbons (Fsp3) is 0.154. The fourth-order valence-electron chi connectivity index (χ4n) is 2.05. The molecule has 0 atom stereocenters. The van der Waals surface area contributed by atoms with Crippen LogP contribution in [0, 0.1) is 5.82 Å². The number of nitrogens with one attached hydrogen (secondary N) is 3. The van der Waals surface area contributed by atoms with Crippen molar-refractivity contribution in [2.75, 3.05) is 17.3 Å². The average molecular weight is 287 g/mol. The molecule has 2 aromatic heterocycles. The molecule has 3 aromatic rings. The topological polar surface area (TPSA) is 105 Å². The second kappa shape index (κ2) is 5.71. The van der Waals surface area contributed by atoms with E-state index in [4.69, 9.17) is 5.84 Å². The minimum atomic E-state index is -0.235. The highest BCUT2D eigenvalue weighted by atomic mass is 19.1. The molecule has 0 bridgehead atoms. The summed E-state index contributed by atoms with van der Waals surface area (Å²) in [6.45, 7) is 0.602. The number of hydrogen-bond donors (Lipinski definition) is 4. The van der Waals surface area contributed by atoms with Crippen molar-refractivity contribution >= 4 is 22.8 Å². The standard InChI is InChI=1S/C13H14FN7/c14-9-3-1-2-8(6-9)4-5-16-11-10-7-17-21-12(10)19-13(18-11)20-15/h1-3,6-7H,4-5,15H2,(H3,16,17,18,19,20,21). The number of anilines is 2. The lowest BCUT2D eigenvalue weighted by atomic mass is 10.1. The quantitative estimate of drug-likeness (QED) is 0.418. The van der Waals surface area contributed by atoms with Crippen LogP contribution in [-0.2, 0) is 6.42 Å². The molecular formula is C13H14FN7. The van der Waals surface area contributed by atoms with Crippen LogP contribution in [0.2, 0.25) is 0 Å². The number of rotatable bonds is 5. The lowest BCUT2D eigenvalue weighted by Gasteiger charge is -2.08. The highest BCUT2D eigenvalue weighted by molar-refractivity contribution is 5.86. The second-order valence-corrected chi connectivity index (χ2v) is 4.48. The van der Waals surface area contributed by atoms with Gasteiger partial charge in [-0.3, -0.25) is 10.5 Å². The third-order valence-corrected chi connectivity index (χ3v) is 3.03. The van der Waals surface area contributed by atoms with E-state index in [0.717, 1.165) is 10.9 Å². The predicted molar refractivity (Wildman–Crippen MR) is 78.1 cm³/mol. The van der Waals surface area contributed by atoms with Crippen molar-refractivity contribution in [1.29, 1.82) is 0 Å². The Labute approximate surface area is 119 Å². The first-order chi connectivity index (χ1) is 10.3. The molecule has 7 nitrogen and oxygen atoms in total. The largest absolute Gasteiger partial charge is 0.369 e. The lowest BCUT2D eigenvalue weighted by Crippen LogP contribution is -2.13. The summed E-state index contributed by atoms with van der Waals surface area (Å²) in [5.41, 5.74) is 3.91. The third-order valence-electron chi connectivity index (χ3n) is 3.03. The average Bonchev–Trinajstić information content (AvgIpc) is 2.95. The first-order valence-corrected chi connectivity index (χ1v) is 6.42. The monoisotopic (exact) mass is 287 g/mol. The maximum atomic E-state index is 13.1. The van der Waals surface area contributed by atoms with Crippen molar-refractivity contribution in [3.8, 4) is 0 Å². The Morgan fingerprint density at radius 2 is 2.19 bits per heavy atom. The number of fused-ring (bicyclic) bond motifs is 1. The Morgan fingerprint density at radius 3 is 3.00 bits per heavy atom. The van der Waals surface area contributed by atoms with Gasteiger partial charge in [0.2, 0.25) is 5.95 Å². The molecule has 1 aromatic carbocycles. The summed E-state index contributed by atoms with van der Waals surface area (Å²) >= 11 is 0. The van der Waals surface area contributed by atoms with Gasteiger partial charge in [-0.05, 0) is 24.1 Å². The summed E-state index contributed by atoms with van der Waals surface area (Å²) < 4.78 is 13.1. The molecule has 21 heavy (non-hydrogen) atoms. The summed E-state index contributed by atoms with van der Waals surface area (Å²) in [5.74, 6) is 6.02. The van der Waals surface area contributed by atoms with Gasteiger partial charge in [-0.1, -0.05) is 12.1 Å². The number of hydrazine groups is 1. The molecule has 2 heterocycles. The molecule has 0 unspecified atom stereocenters. The molecule has 8 heteroatoms. The van der Waals surface area contributed by atoms with E-state index in [9.17, 15) is 4.39 Å². The van der Waals surface area contributed by atoms with E-state index >= 15 is 0 Å². The Kier molecular flexibility index (Phi) is 3.61. The molecule has 0 radical (unpaired) electrons. The predicted octanol–water partition coefficient (Wildman–Crippen LogP) is 1.43. The molecule has 0 spiro atoms. The fourth-order valence-corrected chi connectivity index (χ4v) is 2.05. The number of aromatic nitrogens is 4. The van der Waals surface area contributed by atoms with Crippen LogP contribution in [-0.4, -0.2) is 26.7 Å². The number of benzene rings is 1. The van der Waals surface area contributed by atoms with Crippen molar-refractivity contribution in [3.05, 3.63) is 41.8 Å². The Morgan fingerprint density at radius 1 is 1.29 bits per heavy atom. The van der Waals surface area contributed by atoms with Gasteiger partial charge < -0.3 is 5.32 Å². The van der Waals surface area contributed by atoms with Crippen LogP contribution in [0.4, 0.5) is 16.2 Å². The van der Waals surface area contributed by atoms with E-state index in [1.807, 2.05) is 6.07 Å². The van der Waals surface area contributed by atoms with Crippen LogP contribution in [0.1, 0.15) is 5.56 Å². The van der Waals surface area contributed by atoms with Crippen LogP contribution in [0.25, 0.3) is 11.0 Å². The van der Waals surface area contributed by atoms with E-state index < -0.39 is 0 Å². The normalized spacial score (nSPS) is 10.8. The van der Waals surface area contributed by atoms with Crippen molar-refractivity contribution < 1.29 is 4.39 Å². The van der Waals surface area contributed by atoms with Gasteiger partial charge in [-0.25, -0.2) is 10.2 Å². The second-order valence-electron chi connectivity index (χ2n) is 4.48. The van der Waals surface area contributed by atoms with Crippen molar-refractivity contribution in [2.24, 2.45) is 5.84 Å². The molecule has 0 aliphatic rings. The molecule has 0 fully saturated rings. The van der Waals surface area contributed by atoms with Gasteiger partial charge in [0.05, 0.1) is 11.6 Å². The Bertz CT molecular complexity index is 755. The van der Waals surface area contributed by atoms with Crippen LogP contribution in [0.3, 0.4) is 0 Å². The molecule has 0 saturated heterocycles. The number of halogens is 1. The van der Waals surface area contributed by atoms with E-state index in [2.05, 4.69) is 30.9 Å². The van der Waals surface area contributed by atoms with E-state index in [1.165, 1.54) is 12.1 Å². The van der Waals surface area contributed by atoms with Crippen molar-refractivity contribution in [1.82, 2.24) is 20.2 Å². The Hall–Kier alpha value is -2.74. The van der Waals surface area contributed by atoms with Gasteiger partial charge in [0.15, 0.2) is 5.65 Å². The SMILES string of the molecule is NNc1nc(NCCc2cccc(F)c2)c2cn[nH]c2n1. The highest BCUT2D eigenvalue weighted by Crippen LogP contribution is 2.19. The zero-order chi connectivity index (χ0) is 14.7. The number of hydrogen-bond acceptors (Lipinski definition) is 6. The first kappa shape index (κ1) is 13.3. The van der Waals surface area contributed by atoms with Crippen molar-refractivity contribution in [2.45, 2.75) is 6.42 Å². The molecule has 5 N–H and O–H groups in total.